The molecule has 2 heteroatoms. The van der Waals surface area contributed by atoms with Crippen LogP contribution in [0.4, 0.5) is 0 Å². The summed E-state index contributed by atoms with van der Waals surface area (Å²) in [6.45, 7) is 2.19. The molecule has 0 spiro atoms. The molecule has 0 aromatic carbocycles. The second-order valence-corrected chi connectivity index (χ2v) is 6.64. The molecule has 3 fully saturated rings. The van der Waals surface area contributed by atoms with E-state index in [0.717, 1.165) is 17.8 Å². The van der Waals surface area contributed by atoms with Crippen molar-refractivity contribution >= 4 is 5.97 Å². The lowest BCUT2D eigenvalue weighted by molar-refractivity contribution is -0.160. The summed E-state index contributed by atoms with van der Waals surface area (Å²) in [7, 11) is 1.55. The van der Waals surface area contributed by atoms with Crippen molar-refractivity contribution in [2.45, 2.75) is 32.6 Å². The van der Waals surface area contributed by atoms with Gasteiger partial charge in [0.05, 0.1) is 12.5 Å². The highest BCUT2D eigenvalue weighted by Gasteiger charge is 2.70. The van der Waals surface area contributed by atoms with Crippen molar-refractivity contribution in [3.63, 3.8) is 0 Å². The van der Waals surface area contributed by atoms with E-state index in [1.54, 1.807) is 12.7 Å². The number of carbonyl (C=O) groups excluding carboxylic acids is 1. The quantitative estimate of drug-likeness (QED) is 0.513. The van der Waals surface area contributed by atoms with Crippen molar-refractivity contribution in [1.29, 1.82) is 0 Å². The molecule has 6 atom stereocenters. The number of allylic oxidation sites excluding steroid dienone is 2. The number of fused-ring (bicyclic) bond motifs is 2. The average Bonchev–Trinajstić information content (AvgIpc) is 2.96. The predicted octanol–water partition coefficient (Wildman–Crippen LogP) is 2.79. The Morgan fingerprint density at radius 3 is 3.00 bits per heavy atom. The molecular weight excluding hydrogens is 212 g/mol. The maximum Gasteiger partial charge on any atom is 0.312 e. The highest BCUT2D eigenvalue weighted by molar-refractivity contribution is 5.78. The average molecular weight is 232 g/mol. The number of hydrogen-bond acceptors (Lipinski definition) is 2. The Morgan fingerprint density at radius 2 is 2.24 bits per heavy atom. The molecule has 17 heavy (non-hydrogen) atoms. The monoisotopic (exact) mass is 232 g/mol. The highest BCUT2D eigenvalue weighted by Crippen LogP contribution is 2.73. The largest absolute Gasteiger partial charge is 0.469 e. The molecule has 3 saturated carbocycles. The lowest BCUT2D eigenvalue weighted by atomic mass is 9.62. The van der Waals surface area contributed by atoms with Crippen LogP contribution in [0, 0.1) is 35.0 Å². The zero-order valence-corrected chi connectivity index (χ0v) is 10.6. The minimum Gasteiger partial charge on any atom is -0.469 e. The number of methoxy groups -OCH3 is 1. The first-order valence-corrected chi connectivity index (χ1v) is 6.95. The summed E-state index contributed by atoms with van der Waals surface area (Å²) in [6.07, 6.45) is 7.47. The molecule has 92 valence electrons. The Morgan fingerprint density at radius 1 is 1.41 bits per heavy atom. The summed E-state index contributed by atoms with van der Waals surface area (Å²) >= 11 is 0. The topological polar surface area (TPSA) is 26.3 Å². The fourth-order valence-electron chi connectivity index (χ4n) is 5.89. The van der Waals surface area contributed by atoms with Gasteiger partial charge < -0.3 is 4.74 Å². The first kappa shape index (κ1) is 10.2. The van der Waals surface area contributed by atoms with Crippen LogP contribution in [-0.2, 0) is 9.53 Å². The summed E-state index contributed by atoms with van der Waals surface area (Å²) in [5.74, 6) is 3.65. The number of ether oxygens (including phenoxy) is 1. The van der Waals surface area contributed by atoms with Gasteiger partial charge in [0, 0.05) is 0 Å². The molecule has 6 unspecified atom stereocenters. The van der Waals surface area contributed by atoms with Crippen LogP contribution in [0.5, 0.6) is 0 Å². The van der Waals surface area contributed by atoms with Crippen molar-refractivity contribution in [1.82, 2.24) is 0 Å². The molecule has 0 aromatic heterocycles. The minimum absolute atomic E-state index is 0.0570. The molecule has 4 aliphatic rings. The summed E-state index contributed by atoms with van der Waals surface area (Å²) in [4.78, 5) is 12.3. The summed E-state index contributed by atoms with van der Waals surface area (Å²) < 4.78 is 5.13. The van der Waals surface area contributed by atoms with Gasteiger partial charge in [-0.05, 0) is 62.2 Å². The molecule has 0 amide bonds. The van der Waals surface area contributed by atoms with E-state index in [9.17, 15) is 4.79 Å². The van der Waals surface area contributed by atoms with Gasteiger partial charge in [-0.15, -0.1) is 0 Å². The second-order valence-electron chi connectivity index (χ2n) is 6.64. The van der Waals surface area contributed by atoms with Gasteiger partial charge in [-0.1, -0.05) is 11.6 Å². The van der Waals surface area contributed by atoms with Crippen LogP contribution in [0.1, 0.15) is 32.6 Å². The van der Waals surface area contributed by atoms with Crippen molar-refractivity contribution in [2.24, 2.45) is 35.0 Å². The SMILES string of the molecule is COC(=O)C1(C)C2CC3=CCCC4C3C2CC41. The lowest BCUT2D eigenvalue weighted by Crippen LogP contribution is -2.44. The van der Waals surface area contributed by atoms with Crippen molar-refractivity contribution in [3.8, 4) is 0 Å². The molecule has 4 rings (SSSR count). The predicted molar refractivity (Wildman–Crippen MR) is 64.1 cm³/mol. The first-order chi connectivity index (χ1) is 8.17. The maximum absolute atomic E-state index is 12.3. The second kappa shape index (κ2) is 2.96. The van der Waals surface area contributed by atoms with Gasteiger partial charge in [0.1, 0.15) is 0 Å². The molecule has 4 aliphatic carbocycles. The number of rotatable bonds is 1. The van der Waals surface area contributed by atoms with Gasteiger partial charge in [-0.25, -0.2) is 0 Å². The van der Waals surface area contributed by atoms with Crippen molar-refractivity contribution in [2.75, 3.05) is 7.11 Å². The van der Waals surface area contributed by atoms with Gasteiger partial charge in [0.15, 0.2) is 0 Å². The van der Waals surface area contributed by atoms with E-state index in [1.165, 1.54) is 25.7 Å². The number of esters is 1. The smallest absolute Gasteiger partial charge is 0.312 e. The molecule has 2 bridgehead atoms. The molecule has 0 aromatic rings. The van der Waals surface area contributed by atoms with Crippen molar-refractivity contribution in [3.05, 3.63) is 11.6 Å². The van der Waals surface area contributed by atoms with Crippen LogP contribution in [0.25, 0.3) is 0 Å². The molecule has 0 saturated heterocycles. The third kappa shape index (κ3) is 0.937. The van der Waals surface area contributed by atoms with E-state index in [0.29, 0.717) is 11.8 Å². The Bertz CT molecular complexity index is 425. The van der Waals surface area contributed by atoms with Crippen molar-refractivity contribution < 1.29 is 9.53 Å². The highest BCUT2D eigenvalue weighted by atomic mass is 16.5. The van der Waals surface area contributed by atoms with E-state index >= 15 is 0 Å². The van der Waals surface area contributed by atoms with Crippen LogP contribution < -0.4 is 0 Å². The molecule has 0 aliphatic heterocycles. The first-order valence-electron chi connectivity index (χ1n) is 6.95. The maximum atomic E-state index is 12.3. The number of hydrogen-bond donors (Lipinski definition) is 0. The summed E-state index contributed by atoms with van der Waals surface area (Å²) in [6, 6.07) is 0. The third-order valence-electron chi connectivity index (χ3n) is 6.44. The van der Waals surface area contributed by atoms with Crippen LogP contribution >= 0.6 is 0 Å². The zero-order chi connectivity index (χ0) is 11.8. The Hall–Kier alpha value is -0.790. The summed E-state index contributed by atoms with van der Waals surface area (Å²) in [5, 5.41) is 0. The van der Waals surface area contributed by atoms with Crippen LogP contribution in [-0.4, -0.2) is 13.1 Å². The van der Waals surface area contributed by atoms with Crippen LogP contribution in [0.3, 0.4) is 0 Å². The van der Waals surface area contributed by atoms with Crippen LogP contribution in [0.15, 0.2) is 11.6 Å². The van der Waals surface area contributed by atoms with Crippen LogP contribution in [0.2, 0.25) is 0 Å². The van der Waals surface area contributed by atoms with E-state index in [1.807, 2.05) is 0 Å². The Labute approximate surface area is 102 Å². The van der Waals surface area contributed by atoms with E-state index in [4.69, 9.17) is 4.74 Å². The van der Waals surface area contributed by atoms with Gasteiger partial charge in [0.2, 0.25) is 0 Å². The zero-order valence-electron chi connectivity index (χ0n) is 10.6. The Kier molecular flexibility index (Phi) is 1.77. The van der Waals surface area contributed by atoms with E-state index in [-0.39, 0.29) is 11.4 Å². The summed E-state index contributed by atoms with van der Waals surface area (Å²) in [5.41, 5.74) is 1.51. The van der Waals surface area contributed by atoms with Gasteiger partial charge >= 0.3 is 5.97 Å². The minimum atomic E-state index is -0.180. The van der Waals surface area contributed by atoms with Gasteiger partial charge in [0.25, 0.3) is 0 Å². The molecule has 0 N–H and O–H groups in total. The fraction of sp³-hybridized carbons (Fsp3) is 0.800. The van der Waals surface area contributed by atoms with Gasteiger partial charge in [-0.3, -0.25) is 4.79 Å². The molecule has 2 nitrogen and oxygen atoms in total. The van der Waals surface area contributed by atoms with E-state index in [2.05, 4.69) is 13.0 Å². The molecule has 0 radical (unpaired) electrons. The Balaban J connectivity index is 1.84. The fourth-order valence-corrected chi connectivity index (χ4v) is 5.89. The molecular formula is C15H20O2. The molecule has 0 heterocycles. The lowest BCUT2D eigenvalue weighted by Gasteiger charge is -2.41. The van der Waals surface area contributed by atoms with E-state index < -0.39 is 0 Å². The third-order valence-corrected chi connectivity index (χ3v) is 6.44. The number of carbonyl (C=O) groups is 1. The van der Waals surface area contributed by atoms with Gasteiger partial charge in [-0.2, -0.15) is 0 Å². The normalized spacial score (nSPS) is 53.8. The standard InChI is InChI=1S/C15H20O2/c1-15(14(16)17-2)11-6-8-4-3-5-9-12(15)7-10(11)13(8)9/h4,9-13H,3,5-7H2,1-2H3.